The van der Waals surface area contributed by atoms with Gasteiger partial charge in [-0.05, 0) is 0 Å². The first-order valence-electron chi connectivity index (χ1n) is 3.32. The number of oxime groups is 1. The molecule has 0 saturated heterocycles. The number of hydrogen-bond acceptors (Lipinski definition) is 4. The fourth-order valence-corrected chi connectivity index (χ4v) is 0.375. The quantitative estimate of drug-likeness (QED) is 0.113. The van der Waals surface area contributed by atoms with E-state index >= 15 is 0 Å². The summed E-state index contributed by atoms with van der Waals surface area (Å²) < 4.78 is 9.68. The summed E-state index contributed by atoms with van der Waals surface area (Å²) in [5.41, 5.74) is 0.625. The smallest absolute Gasteiger partial charge is 0.382 e. The second-order valence-corrected chi connectivity index (χ2v) is 1.97. The second-order valence-electron chi connectivity index (χ2n) is 1.97. The Balaban J connectivity index is 0. The molecule has 0 N–H and O–H groups in total. The molecule has 0 spiro atoms. The number of hydrogen-bond donors (Lipinski definition) is 0. The van der Waals surface area contributed by atoms with Crippen LogP contribution in [-0.2, 0) is 14.3 Å². The molecule has 12 heavy (non-hydrogen) atoms. The van der Waals surface area contributed by atoms with E-state index in [1.54, 1.807) is 14.0 Å². The minimum atomic E-state index is 0. The third-order valence-electron chi connectivity index (χ3n) is 0.788. The maximum atomic E-state index is 4.94. The van der Waals surface area contributed by atoms with Crippen molar-refractivity contribution in [1.29, 1.82) is 0 Å². The van der Waals surface area contributed by atoms with Gasteiger partial charge < -0.3 is 21.2 Å². The van der Waals surface area contributed by atoms with Crippen LogP contribution in [0, 0.1) is 6.92 Å². The topological polar surface area (TPSA) is 40.0 Å². The van der Waals surface area contributed by atoms with E-state index in [4.69, 9.17) is 9.47 Å². The molecule has 66 valence electrons. The zero-order chi connectivity index (χ0) is 8.53. The number of ether oxygens (including phenoxy) is 2. The van der Waals surface area contributed by atoms with E-state index in [-0.39, 0.29) is 25.7 Å². The number of nitrogens with zero attached hydrogens (tertiary/aromatic N) is 1. The Morgan fingerprint density at radius 3 is 2.58 bits per heavy atom. The molecule has 0 amide bonds. The van der Waals surface area contributed by atoms with Gasteiger partial charge in [0.05, 0.1) is 13.2 Å². The average molecular weight is 167 g/mol. The van der Waals surface area contributed by atoms with Crippen molar-refractivity contribution < 1.29 is 33.2 Å². The largest absolute Gasteiger partial charge is 1.00 e. The summed E-state index contributed by atoms with van der Waals surface area (Å²) in [5, 5.41) is 3.56. The van der Waals surface area contributed by atoms with E-state index in [1.165, 1.54) is 0 Å². The van der Waals surface area contributed by atoms with Gasteiger partial charge in [0.15, 0.2) is 0 Å². The van der Waals surface area contributed by atoms with Gasteiger partial charge in [0.25, 0.3) is 0 Å². The third kappa shape index (κ3) is 12.5. The van der Waals surface area contributed by atoms with Crippen LogP contribution < -0.4 is 18.9 Å². The van der Waals surface area contributed by atoms with Crippen LogP contribution in [0.5, 0.6) is 0 Å². The maximum Gasteiger partial charge on any atom is 1.00 e. The molecule has 5 heteroatoms. The van der Waals surface area contributed by atoms with E-state index in [1.807, 2.05) is 0 Å². The predicted octanol–water partition coefficient (Wildman–Crippen LogP) is -2.16. The fraction of sp³-hybridized carbons (Fsp3) is 0.714. The maximum absolute atomic E-state index is 4.94. The summed E-state index contributed by atoms with van der Waals surface area (Å²) >= 11 is 0. The monoisotopic (exact) mass is 167 g/mol. The molecule has 0 aliphatic rings. The Morgan fingerprint density at radius 2 is 2.08 bits per heavy atom. The van der Waals surface area contributed by atoms with Gasteiger partial charge in [-0.3, -0.25) is 0 Å². The van der Waals surface area contributed by atoms with E-state index in [2.05, 4.69) is 16.9 Å². The predicted molar refractivity (Wildman–Crippen MR) is 42.2 cm³/mol. The summed E-state index contributed by atoms with van der Waals surface area (Å²) in [6.45, 7) is 6.49. The fourth-order valence-electron chi connectivity index (χ4n) is 0.375. The molecular weight excluding hydrogens is 153 g/mol. The van der Waals surface area contributed by atoms with Crippen molar-refractivity contribution in [2.24, 2.45) is 5.16 Å². The molecule has 0 aliphatic heterocycles. The van der Waals surface area contributed by atoms with Crippen molar-refractivity contribution in [3.05, 3.63) is 6.92 Å². The number of methoxy groups -OCH3 is 1. The molecule has 0 saturated carbocycles. The van der Waals surface area contributed by atoms with E-state index < -0.39 is 0 Å². The molecule has 0 aliphatic carbocycles. The van der Waals surface area contributed by atoms with Crippen LogP contribution in [0.25, 0.3) is 0 Å². The van der Waals surface area contributed by atoms with Crippen molar-refractivity contribution in [3.63, 3.8) is 0 Å². The molecule has 0 radical (unpaired) electrons. The van der Waals surface area contributed by atoms with Crippen LogP contribution in [0.4, 0.5) is 0 Å². The van der Waals surface area contributed by atoms with Crippen molar-refractivity contribution in [1.82, 2.24) is 0 Å². The first-order valence-corrected chi connectivity index (χ1v) is 3.32. The molecule has 0 bridgehead atoms. The van der Waals surface area contributed by atoms with Gasteiger partial charge in [-0.25, -0.2) is 0 Å². The minimum Gasteiger partial charge on any atom is -0.382 e. The molecule has 0 rings (SSSR count). The van der Waals surface area contributed by atoms with Crippen LogP contribution in [0.15, 0.2) is 5.16 Å². The average Bonchev–Trinajstić information content (AvgIpc) is 1.96. The molecule has 0 aromatic rings. The molecule has 4 nitrogen and oxygen atoms in total. The summed E-state index contributed by atoms with van der Waals surface area (Å²) in [5.74, 6) is 0. The van der Waals surface area contributed by atoms with Gasteiger partial charge in [0.2, 0.25) is 6.79 Å². The molecular formula is C7H14LiNO3. The Labute approximate surface area is 85.4 Å². The molecule has 0 aromatic carbocycles. The van der Waals surface area contributed by atoms with Crippen LogP contribution in [0.2, 0.25) is 0 Å². The van der Waals surface area contributed by atoms with Crippen molar-refractivity contribution in [3.8, 4) is 0 Å². The zero-order valence-corrected chi connectivity index (χ0v) is 8.00. The van der Waals surface area contributed by atoms with Gasteiger partial charge >= 0.3 is 18.9 Å². The van der Waals surface area contributed by atoms with E-state index in [0.717, 1.165) is 0 Å². The van der Waals surface area contributed by atoms with Crippen molar-refractivity contribution >= 4 is 5.71 Å². The molecule has 0 unspecified atom stereocenters. The molecule has 0 heterocycles. The Hall–Kier alpha value is -0.143. The Bertz CT molecular complexity index is 115. The Morgan fingerprint density at radius 1 is 1.42 bits per heavy atom. The zero-order valence-electron chi connectivity index (χ0n) is 8.00. The minimum absolute atomic E-state index is 0. The first kappa shape index (κ1) is 14.4. The summed E-state index contributed by atoms with van der Waals surface area (Å²) in [4.78, 5) is 4.69. The summed E-state index contributed by atoms with van der Waals surface area (Å²) in [6, 6.07) is 0. The molecule has 0 aromatic heterocycles. The van der Waals surface area contributed by atoms with E-state index in [0.29, 0.717) is 18.9 Å². The van der Waals surface area contributed by atoms with Crippen LogP contribution >= 0.6 is 0 Å². The van der Waals surface area contributed by atoms with Gasteiger partial charge in [-0.2, -0.15) is 0 Å². The van der Waals surface area contributed by atoms with Crippen molar-refractivity contribution in [2.75, 3.05) is 27.1 Å². The summed E-state index contributed by atoms with van der Waals surface area (Å²) in [6.07, 6.45) is 0. The van der Waals surface area contributed by atoms with Crippen molar-refractivity contribution in [2.45, 2.75) is 6.92 Å². The standard InChI is InChI=1S/C7H14NO3.Li/c1-7(2)8-11-6-10-5-4-9-3;/h1,4-6H2,2-3H3;/q-1;+1/b8-7-;. The first-order chi connectivity index (χ1) is 5.27. The van der Waals surface area contributed by atoms with Crippen LogP contribution in [0.1, 0.15) is 6.92 Å². The van der Waals surface area contributed by atoms with Crippen LogP contribution in [0.3, 0.4) is 0 Å². The van der Waals surface area contributed by atoms with E-state index in [9.17, 15) is 0 Å². The second kappa shape index (κ2) is 10.9. The van der Waals surface area contributed by atoms with Gasteiger partial charge in [0, 0.05) is 7.11 Å². The Kier molecular flexibility index (Phi) is 13.0. The van der Waals surface area contributed by atoms with Gasteiger partial charge in [0.1, 0.15) is 0 Å². The SMILES string of the molecule is [CH2-]/C(C)=N/OCOCCOC.[Li+]. The molecule has 0 atom stereocenters. The normalized spacial score (nSPS) is 10.7. The summed E-state index contributed by atoms with van der Waals surface area (Å²) in [7, 11) is 1.61. The van der Waals surface area contributed by atoms with Gasteiger partial charge in [-0.1, -0.05) is 12.6 Å². The van der Waals surface area contributed by atoms with Gasteiger partial charge in [-0.15, -0.1) is 5.16 Å². The third-order valence-corrected chi connectivity index (χ3v) is 0.788. The molecule has 0 fully saturated rings. The number of rotatable bonds is 6. The van der Waals surface area contributed by atoms with Crippen LogP contribution in [-0.4, -0.2) is 32.8 Å².